The van der Waals surface area contributed by atoms with Crippen LogP contribution in [-0.4, -0.2) is 10.1 Å². The van der Waals surface area contributed by atoms with Crippen LogP contribution < -0.4 is 0 Å². The summed E-state index contributed by atoms with van der Waals surface area (Å²) in [4.78, 5) is 4.22. The zero-order valence-corrected chi connectivity index (χ0v) is 11.3. The first-order valence-corrected chi connectivity index (χ1v) is 6.45. The van der Waals surface area contributed by atoms with E-state index in [0.29, 0.717) is 5.92 Å². The molecule has 17 heavy (non-hydrogen) atoms. The lowest BCUT2D eigenvalue weighted by molar-refractivity contribution is -0.0637. The molecular formula is C15H23NO. The van der Waals surface area contributed by atoms with Crippen molar-refractivity contribution < 1.29 is 5.11 Å². The van der Waals surface area contributed by atoms with Gasteiger partial charge < -0.3 is 5.11 Å². The molecule has 2 rings (SSSR count). The summed E-state index contributed by atoms with van der Waals surface area (Å²) in [5.74, 6) is 0.560. The van der Waals surface area contributed by atoms with Gasteiger partial charge in [0.1, 0.15) is 0 Å². The molecule has 0 aliphatic heterocycles. The second-order valence-electron chi connectivity index (χ2n) is 6.64. The number of rotatable bonds is 1. The maximum atomic E-state index is 10.9. The van der Waals surface area contributed by atoms with Gasteiger partial charge in [0.15, 0.2) is 0 Å². The summed E-state index contributed by atoms with van der Waals surface area (Å²) in [7, 11) is 0. The molecule has 2 unspecified atom stereocenters. The van der Waals surface area contributed by atoms with E-state index in [-0.39, 0.29) is 5.41 Å². The Labute approximate surface area is 104 Å². The first kappa shape index (κ1) is 12.6. The number of hydrogen-bond donors (Lipinski definition) is 1. The smallest absolute Gasteiger partial charge is 0.0919 e. The number of aromatic nitrogens is 1. The first-order chi connectivity index (χ1) is 7.81. The zero-order chi connectivity index (χ0) is 12.7. The van der Waals surface area contributed by atoms with Gasteiger partial charge in [-0.3, -0.25) is 4.98 Å². The monoisotopic (exact) mass is 233 g/mol. The van der Waals surface area contributed by atoms with Crippen molar-refractivity contribution in [3.05, 3.63) is 29.6 Å². The average Bonchev–Trinajstić information content (AvgIpc) is 2.13. The second kappa shape index (κ2) is 4.09. The maximum absolute atomic E-state index is 10.9. The Kier molecular flexibility index (Phi) is 3.03. The van der Waals surface area contributed by atoms with Crippen LogP contribution in [0.4, 0.5) is 0 Å². The molecule has 1 saturated carbocycles. The summed E-state index contributed by atoms with van der Waals surface area (Å²) in [5.41, 5.74) is 1.61. The number of nitrogens with zero attached hydrogens (tertiary/aromatic N) is 1. The molecule has 1 aliphatic rings. The zero-order valence-electron chi connectivity index (χ0n) is 11.3. The number of aryl methyl sites for hydroxylation is 1. The van der Waals surface area contributed by atoms with Crippen LogP contribution in [0, 0.1) is 18.3 Å². The van der Waals surface area contributed by atoms with Gasteiger partial charge in [0.25, 0.3) is 0 Å². The molecule has 1 fully saturated rings. The van der Waals surface area contributed by atoms with Gasteiger partial charge in [-0.25, -0.2) is 0 Å². The Bertz CT molecular complexity index is 413. The largest absolute Gasteiger partial charge is 0.385 e. The first-order valence-electron chi connectivity index (χ1n) is 6.45. The highest BCUT2D eigenvalue weighted by Gasteiger charge is 2.42. The van der Waals surface area contributed by atoms with Crippen LogP contribution in [-0.2, 0) is 5.60 Å². The Morgan fingerprint density at radius 2 is 2.00 bits per heavy atom. The van der Waals surface area contributed by atoms with Crippen LogP contribution in [0.1, 0.15) is 51.2 Å². The normalized spacial score (nSPS) is 32.4. The van der Waals surface area contributed by atoms with E-state index < -0.39 is 5.60 Å². The average molecular weight is 233 g/mol. The van der Waals surface area contributed by atoms with Gasteiger partial charge >= 0.3 is 0 Å². The Balaban J connectivity index is 2.35. The lowest BCUT2D eigenvalue weighted by Gasteiger charge is -2.44. The van der Waals surface area contributed by atoms with Crippen molar-refractivity contribution in [2.24, 2.45) is 11.3 Å². The fraction of sp³-hybridized carbons (Fsp3) is 0.667. The van der Waals surface area contributed by atoms with Crippen molar-refractivity contribution in [2.45, 2.75) is 52.6 Å². The van der Waals surface area contributed by atoms with Crippen LogP contribution in [0.3, 0.4) is 0 Å². The predicted octanol–water partition coefficient (Wildman–Crippen LogP) is 3.42. The van der Waals surface area contributed by atoms with E-state index in [1.165, 1.54) is 6.42 Å². The van der Waals surface area contributed by atoms with Crippen molar-refractivity contribution in [1.29, 1.82) is 0 Å². The minimum Gasteiger partial charge on any atom is -0.385 e. The molecule has 0 amide bonds. The SMILES string of the molecule is Cc1cncc(C2(O)CC(C)CC(C)(C)C2)c1. The summed E-state index contributed by atoms with van der Waals surface area (Å²) in [5, 5.41) is 10.9. The topological polar surface area (TPSA) is 33.1 Å². The molecule has 2 atom stereocenters. The van der Waals surface area contributed by atoms with Crippen molar-refractivity contribution in [3.63, 3.8) is 0 Å². The molecule has 2 heteroatoms. The quantitative estimate of drug-likeness (QED) is 0.806. The van der Waals surface area contributed by atoms with Crippen LogP contribution in [0.15, 0.2) is 18.5 Å². The van der Waals surface area contributed by atoms with Crippen molar-refractivity contribution in [1.82, 2.24) is 4.98 Å². The van der Waals surface area contributed by atoms with Gasteiger partial charge in [0.2, 0.25) is 0 Å². The highest BCUT2D eigenvalue weighted by Crippen LogP contribution is 2.48. The van der Waals surface area contributed by atoms with E-state index in [2.05, 4.69) is 31.8 Å². The molecule has 1 aromatic heterocycles. The molecule has 0 radical (unpaired) electrons. The van der Waals surface area contributed by atoms with Gasteiger partial charge in [-0.1, -0.05) is 26.8 Å². The standard InChI is InChI=1S/C15H23NO/c1-11-5-13(9-16-8-11)15(17)7-12(2)6-14(3,4)10-15/h5,8-9,12,17H,6-7,10H2,1-4H3. The fourth-order valence-electron chi connectivity index (χ4n) is 3.56. The summed E-state index contributed by atoms with van der Waals surface area (Å²) < 4.78 is 0. The van der Waals surface area contributed by atoms with Gasteiger partial charge in [-0.05, 0) is 43.1 Å². The van der Waals surface area contributed by atoms with Crippen molar-refractivity contribution in [2.75, 3.05) is 0 Å². The van der Waals surface area contributed by atoms with Gasteiger partial charge in [0.05, 0.1) is 5.60 Å². The minimum absolute atomic E-state index is 0.205. The van der Waals surface area contributed by atoms with Crippen LogP contribution in [0.25, 0.3) is 0 Å². The Hall–Kier alpha value is -0.890. The lowest BCUT2D eigenvalue weighted by atomic mass is 9.64. The number of aliphatic hydroxyl groups is 1. The molecule has 1 N–H and O–H groups in total. The Morgan fingerprint density at radius 1 is 1.29 bits per heavy atom. The van der Waals surface area contributed by atoms with E-state index in [1.807, 2.05) is 19.3 Å². The van der Waals surface area contributed by atoms with Crippen LogP contribution in [0.2, 0.25) is 0 Å². The molecule has 0 aromatic carbocycles. The molecule has 2 nitrogen and oxygen atoms in total. The number of pyridine rings is 1. The minimum atomic E-state index is -0.694. The molecule has 1 aromatic rings. The van der Waals surface area contributed by atoms with E-state index in [1.54, 1.807) is 0 Å². The number of hydrogen-bond acceptors (Lipinski definition) is 2. The van der Waals surface area contributed by atoms with Crippen LogP contribution in [0.5, 0.6) is 0 Å². The molecular weight excluding hydrogens is 210 g/mol. The lowest BCUT2D eigenvalue weighted by Crippen LogP contribution is -2.40. The molecule has 0 spiro atoms. The molecule has 1 heterocycles. The summed E-state index contributed by atoms with van der Waals surface area (Å²) in [6, 6.07) is 2.07. The predicted molar refractivity (Wildman–Crippen MR) is 69.7 cm³/mol. The third-order valence-corrected chi connectivity index (χ3v) is 3.77. The Morgan fingerprint density at radius 3 is 2.59 bits per heavy atom. The fourth-order valence-corrected chi connectivity index (χ4v) is 3.56. The maximum Gasteiger partial charge on any atom is 0.0919 e. The molecule has 94 valence electrons. The third kappa shape index (κ3) is 2.68. The van der Waals surface area contributed by atoms with E-state index in [0.717, 1.165) is 24.0 Å². The summed E-state index contributed by atoms with van der Waals surface area (Å²) in [6.07, 6.45) is 6.52. The highest BCUT2D eigenvalue weighted by atomic mass is 16.3. The molecule has 1 aliphatic carbocycles. The van der Waals surface area contributed by atoms with E-state index in [9.17, 15) is 5.11 Å². The van der Waals surface area contributed by atoms with Crippen molar-refractivity contribution in [3.8, 4) is 0 Å². The van der Waals surface area contributed by atoms with Crippen molar-refractivity contribution >= 4 is 0 Å². The summed E-state index contributed by atoms with van der Waals surface area (Å²) in [6.45, 7) is 8.75. The molecule has 0 saturated heterocycles. The van der Waals surface area contributed by atoms with Crippen LogP contribution >= 0.6 is 0 Å². The highest BCUT2D eigenvalue weighted by molar-refractivity contribution is 5.24. The molecule has 0 bridgehead atoms. The second-order valence-corrected chi connectivity index (χ2v) is 6.64. The van der Waals surface area contributed by atoms with Gasteiger partial charge in [-0.2, -0.15) is 0 Å². The van der Waals surface area contributed by atoms with E-state index in [4.69, 9.17) is 0 Å². The summed E-state index contributed by atoms with van der Waals surface area (Å²) >= 11 is 0. The van der Waals surface area contributed by atoms with Gasteiger partial charge in [0, 0.05) is 18.0 Å². The van der Waals surface area contributed by atoms with E-state index >= 15 is 0 Å². The third-order valence-electron chi connectivity index (χ3n) is 3.77. The van der Waals surface area contributed by atoms with Gasteiger partial charge in [-0.15, -0.1) is 0 Å².